The Balaban J connectivity index is 2.06. The third kappa shape index (κ3) is 3.78. The minimum absolute atomic E-state index is 0.254. The summed E-state index contributed by atoms with van der Waals surface area (Å²) >= 11 is 0. The molecule has 1 heterocycles. The van der Waals surface area contributed by atoms with Crippen LogP contribution in [0.1, 0.15) is 35.9 Å². The third-order valence-corrected chi connectivity index (χ3v) is 3.15. The fourth-order valence-corrected chi connectivity index (χ4v) is 1.81. The minimum atomic E-state index is -0.254. The Labute approximate surface area is 125 Å². The van der Waals surface area contributed by atoms with E-state index in [9.17, 15) is 4.79 Å². The Kier molecular flexibility index (Phi) is 4.52. The molecule has 1 amide bonds. The van der Waals surface area contributed by atoms with E-state index in [-0.39, 0.29) is 5.91 Å². The highest BCUT2D eigenvalue weighted by Gasteiger charge is 2.10. The second-order valence-electron chi connectivity index (χ2n) is 5.39. The number of aromatic nitrogens is 2. The summed E-state index contributed by atoms with van der Waals surface area (Å²) in [6.45, 7) is 4.08. The summed E-state index contributed by atoms with van der Waals surface area (Å²) in [7, 11) is 3.94. The fourth-order valence-electron chi connectivity index (χ4n) is 1.81. The average molecular weight is 284 g/mol. The van der Waals surface area contributed by atoms with Crippen LogP contribution in [0, 0.1) is 0 Å². The number of carbonyl (C=O) groups is 1. The van der Waals surface area contributed by atoms with E-state index in [0.717, 1.165) is 17.1 Å². The number of hydrogen-bond acceptors (Lipinski definition) is 4. The lowest BCUT2D eigenvalue weighted by Crippen LogP contribution is -2.15. The topological polar surface area (TPSA) is 58.1 Å². The largest absolute Gasteiger partial charge is 0.378 e. The van der Waals surface area contributed by atoms with Gasteiger partial charge in [0.15, 0.2) is 5.69 Å². The van der Waals surface area contributed by atoms with E-state index >= 15 is 0 Å². The highest BCUT2D eigenvalue weighted by atomic mass is 16.1. The number of amides is 1. The van der Waals surface area contributed by atoms with E-state index in [1.807, 2.05) is 63.2 Å². The molecule has 0 fully saturated rings. The smallest absolute Gasteiger partial charge is 0.276 e. The zero-order chi connectivity index (χ0) is 15.4. The summed E-state index contributed by atoms with van der Waals surface area (Å²) in [6, 6.07) is 11.2. The van der Waals surface area contributed by atoms with Crippen molar-refractivity contribution in [2.24, 2.45) is 0 Å². The molecule has 0 atom stereocenters. The lowest BCUT2D eigenvalue weighted by molar-refractivity contribution is 0.102. The lowest BCUT2D eigenvalue weighted by Gasteiger charge is -2.13. The number of anilines is 2. The number of rotatable bonds is 4. The maximum Gasteiger partial charge on any atom is 0.276 e. The van der Waals surface area contributed by atoms with Crippen LogP contribution in [0.3, 0.4) is 0 Å². The van der Waals surface area contributed by atoms with Crippen LogP contribution < -0.4 is 10.2 Å². The number of benzene rings is 1. The van der Waals surface area contributed by atoms with Crippen molar-refractivity contribution in [1.82, 2.24) is 10.2 Å². The molecule has 1 aromatic heterocycles. The predicted octanol–water partition coefficient (Wildman–Crippen LogP) is 2.92. The maximum absolute atomic E-state index is 12.1. The molecule has 0 saturated carbocycles. The van der Waals surface area contributed by atoms with E-state index in [0.29, 0.717) is 11.6 Å². The number of nitrogens with one attached hydrogen (secondary N) is 1. The monoisotopic (exact) mass is 284 g/mol. The molecule has 0 unspecified atom stereocenters. The van der Waals surface area contributed by atoms with E-state index in [1.165, 1.54) is 0 Å². The molecule has 110 valence electrons. The molecule has 21 heavy (non-hydrogen) atoms. The molecule has 5 nitrogen and oxygen atoms in total. The standard InChI is InChI=1S/C16H20N4O/c1-11(2)14-9-10-15(19-18-14)16(21)17-12-5-7-13(8-6-12)20(3)4/h5-11H,1-4H3,(H,17,21). The molecule has 0 saturated heterocycles. The normalized spacial score (nSPS) is 10.5. The van der Waals surface area contributed by atoms with Gasteiger partial charge in [0.05, 0.1) is 5.69 Å². The molecule has 0 bridgehead atoms. The van der Waals surface area contributed by atoms with Gasteiger partial charge in [-0.3, -0.25) is 4.79 Å². The first-order chi connectivity index (χ1) is 9.97. The maximum atomic E-state index is 12.1. The van der Waals surface area contributed by atoms with Crippen molar-refractivity contribution in [3.63, 3.8) is 0 Å². The molecule has 1 aromatic carbocycles. The number of nitrogens with zero attached hydrogens (tertiary/aromatic N) is 3. The van der Waals surface area contributed by atoms with Crippen LogP contribution in [-0.2, 0) is 0 Å². The van der Waals surface area contributed by atoms with Crippen LogP contribution >= 0.6 is 0 Å². The van der Waals surface area contributed by atoms with Gasteiger partial charge >= 0.3 is 0 Å². The summed E-state index contributed by atoms with van der Waals surface area (Å²) in [5.74, 6) is 0.0450. The number of hydrogen-bond donors (Lipinski definition) is 1. The van der Waals surface area contributed by atoms with Crippen molar-refractivity contribution in [2.75, 3.05) is 24.3 Å². The van der Waals surface area contributed by atoms with Gasteiger partial charge in [-0.15, -0.1) is 5.10 Å². The summed E-state index contributed by atoms with van der Waals surface area (Å²) in [5.41, 5.74) is 3.01. The van der Waals surface area contributed by atoms with E-state index in [2.05, 4.69) is 15.5 Å². The van der Waals surface area contributed by atoms with Gasteiger partial charge in [0.1, 0.15) is 0 Å². The zero-order valence-corrected chi connectivity index (χ0v) is 12.8. The van der Waals surface area contributed by atoms with Crippen LogP contribution in [0.2, 0.25) is 0 Å². The van der Waals surface area contributed by atoms with Crippen molar-refractivity contribution in [3.8, 4) is 0 Å². The quantitative estimate of drug-likeness (QED) is 0.938. The summed E-state index contributed by atoms with van der Waals surface area (Å²) in [5, 5.41) is 10.8. The minimum Gasteiger partial charge on any atom is -0.378 e. The fraction of sp³-hybridized carbons (Fsp3) is 0.312. The van der Waals surface area contributed by atoms with Gasteiger partial charge in [0.2, 0.25) is 0 Å². The molecule has 5 heteroatoms. The van der Waals surface area contributed by atoms with Gasteiger partial charge < -0.3 is 10.2 Å². The van der Waals surface area contributed by atoms with Crippen LogP contribution in [0.4, 0.5) is 11.4 Å². The summed E-state index contributed by atoms with van der Waals surface area (Å²) < 4.78 is 0. The van der Waals surface area contributed by atoms with Crippen molar-refractivity contribution in [3.05, 3.63) is 47.8 Å². The molecule has 0 aliphatic carbocycles. The van der Waals surface area contributed by atoms with Gasteiger partial charge in [0, 0.05) is 25.5 Å². The van der Waals surface area contributed by atoms with Gasteiger partial charge in [-0.05, 0) is 42.3 Å². The second-order valence-corrected chi connectivity index (χ2v) is 5.39. The van der Waals surface area contributed by atoms with Crippen LogP contribution in [0.25, 0.3) is 0 Å². The van der Waals surface area contributed by atoms with E-state index in [4.69, 9.17) is 0 Å². The predicted molar refractivity (Wildman–Crippen MR) is 84.8 cm³/mol. The van der Waals surface area contributed by atoms with Gasteiger partial charge in [0.25, 0.3) is 5.91 Å². The van der Waals surface area contributed by atoms with Gasteiger partial charge in [-0.1, -0.05) is 13.8 Å². The average Bonchev–Trinajstić information content (AvgIpc) is 2.47. The van der Waals surface area contributed by atoms with Crippen molar-refractivity contribution < 1.29 is 4.79 Å². The summed E-state index contributed by atoms with van der Waals surface area (Å²) in [6.07, 6.45) is 0. The molecule has 0 radical (unpaired) electrons. The van der Waals surface area contributed by atoms with Crippen molar-refractivity contribution in [1.29, 1.82) is 0 Å². The lowest BCUT2D eigenvalue weighted by atomic mass is 10.1. The zero-order valence-electron chi connectivity index (χ0n) is 12.8. The van der Waals surface area contributed by atoms with E-state index in [1.54, 1.807) is 6.07 Å². The molecule has 2 rings (SSSR count). The van der Waals surface area contributed by atoms with Crippen LogP contribution in [-0.4, -0.2) is 30.2 Å². The highest BCUT2D eigenvalue weighted by molar-refractivity contribution is 6.02. The van der Waals surface area contributed by atoms with Crippen LogP contribution in [0.5, 0.6) is 0 Å². The molecule has 0 spiro atoms. The number of carbonyl (C=O) groups excluding carboxylic acids is 1. The Morgan fingerprint density at radius 2 is 1.71 bits per heavy atom. The van der Waals surface area contributed by atoms with Crippen molar-refractivity contribution in [2.45, 2.75) is 19.8 Å². The van der Waals surface area contributed by atoms with Crippen molar-refractivity contribution >= 4 is 17.3 Å². The molecule has 2 aromatic rings. The molecule has 1 N–H and O–H groups in total. The Morgan fingerprint density at radius 3 is 2.19 bits per heavy atom. The first-order valence-electron chi connectivity index (χ1n) is 6.89. The van der Waals surface area contributed by atoms with E-state index < -0.39 is 0 Å². The first-order valence-corrected chi connectivity index (χ1v) is 6.89. The third-order valence-electron chi connectivity index (χ3n) is 3.15. The summed E-state index contributed by atoms with van der Waals surface area (Å²) in [4.78, 5) is 14.1. The van der Waals surface area contributed by atoms with Crippen LogP contribution in [0.15, 0.2) is 36.4 Å². The Bertz CT molecular complexity index is 603. The SMILES string of the molecule is CC(C)c1ccc(C(=O)Nc2ccc(N(C)C)cc2)nn1. The molecule has 0 aliphatic heterocycles. The first kappa shape index (κ1) is 15.0. The highest BCUT2D eigenvalue weighted by Crippen LogP contribution is 2.16. The van der Waals surface area contributed by atoms with Gasteiger partial charge in [-0.2, -0.15) is 5.10 Å². The van der Waals surface area contributed by atoms with Gasteiger partial charge in [-0.25, -0.2) is 0 Å². The molecular weight excluding hydrogens is 264 g/mol. The molecular formula is C16H20N4O. The second kappa shape index (κ2) is 6.35. The Morgan fingerprint density at radius 1 is 1.05 bits per heavy atom. The Hall–Kier alpha value is -2.43. The molecule has 0 aliphatic rings.